The van der Waals surface area contributed by atoms with Crippen LogP contribution in [0.25, 0.3) is 49.9 Å². The first-order valence-corrected chi connectivity index (χ1v) is 26.5. The van der Waals surface area contributed by atoms with Gasteiger partial charge in [-0.15, -0.1) is 11.3 Å². The van der Waals surface area contributed by atoms with Crippen LogP contribution >= 0.6 is 11.3 Å². The number of rotatable bonds is 20. The van der Waals surface area contributed by atoms with E-state index in [2.05, 4.69) is 56.3 Å². The smallest absolute Gasteiger partial charge is 0.246 e. The summed E-state index contributed by atoms with van der Waals surface area (Å²) in [6.45, 7) is 7.48. The molecule has 0 bridgehead atoms. The molecular weight excluding hydrogens is 983 g/mol. The van der Waals surface area contributed by atoms with Crippen molar-refractivity contribution in [1.82, 2.24) is 45.4 Å². The average Bonchev–Trinajstić information content (AvgIpc) is 4.13. The highest BCUT2D eigenvalue weighted by Gasteiger charge is 2.44. The summed E-state index contributed by atoms with van der Waals surface area (Å²) in [5, 5.41) is 19.2. The molecule has 396 valence electrons. The van der Waals surface area contributed by atoms with Crippen LogP contribution in [-0.4, -0.2) is 116 Å². The lowest BCUT2D eigenvalue weighted by atomic mass is 9.73. The van der Waals surface area contributed by atoms with Crippen LogP contribution in [0.2, 0.25) is 0 Å². The van der Waals surface area contributed by atoms with E-state index in [1.54, 1.807) is 23.0 Å². The van der Waals surface area contributed by atoms with Gasteiger partial charge in [0.1, 0.15) is 36.6 Å². The number of pyridine rings is 2. The van der Waals surface area contributed by atoms with Crippen LogP contribution in [0.1, 0.15) is 68.8 Å². The molecule has 76 heavy (non-hydrogen) atoms. The number of aliphatic hydroxyl groups is 1. The molecule has 2 aliphatic rings. The standard InChI is InChI=1S/C57H65N11O7S/c1-35-49(76-34-63-35)38-13-11-37(12-14-38)30-62-54(72)46-29-42(69)31-67(46)55(73)50(56(2,3)4)66-48(71)33-75-27-26-74-32-47(70)60-25-21-36-8-5-9-39(28-36)44-19-20-45-53(64-44)68(52(65-45)43-10-6-24-61-51(43)58)41-17-15-40(16-18-41)57(59)22-7-23-57/h5-6,8-20,24,28,34,42,46,50,69H,7,21-23,25-27,29-33,59H2,1-4H3,(H2,58,61)(H,60,70)(H,62,72)(H,66,71)/t42-,46+,50?/m1/s1. The molecule has 1 saturated carbocycles. The first-order valence-electron chi connectivity index (χ1n) is 25.6. The lowest BCUT2D eigenvalue weighted by Gasteiger charge is -2.38. The van der Waals surface area contributed by atoms with E-state index in [-0.39, 0.29) is 57.4 Å². The highest BCUT2D eigenvalue weighted by Crippen LogP contribution is 2.40. The van der Waals surface area contributed by atoms with Crippen molar-refractivity contribution in [3.63, 3.8) is 0 Å². The number of nitrogens with one attached hydrogen (secondary N) is 3. The molecule has 0 spiro atoms. The van der Waals surface area contributed by atoms with E-state index in [1.165, 1.54) is 4.90 Å². The number of hydrogen-bond acceptors (Lipinski definition) is 14. The van der Waals surface area contributed by atoms with Crippen molar-refractivity contribution in [3.8, 4) is 38.8 Å². The minimum Gasteiger partial charge on any atom is -0.391 e. The number of β-amino-alcohol motifs (C(OH)–C–C–N with tert-alkyl or cyclic N) is 1. The quantitative estimate of drug-likeness (QED) is 0.0480. The van der Waals surface area contributed by atoms with E-state index < -0.39 is 41.3 Å². The molecule has 4 amide bonds. The molecule has 18 nitrogen and oxygen atoms in total. The zero-order valence-electron chi connectivity index (χ0n) is 43.3. The fourth-order valence-corrected chi connectivity index (χ4v) is 10.5. The Kier molecular flexibility index (Phi) is 16.3. The Labute approximate surface area is 445 Å². The summed E-state index contributed by atoms with van der Waals surface area (Å²) >= 11 is 1.57. The zero-order chi connectivity index (χ0) is 53.6. The number of nitrogen functional groups attached to an aromatic ring is 1. The van der Waals surface area contributed by atoms with E-state index in [0.29, 0.717) is 41.3 Å². The number of thiazole rings is 1. The Hall–Kier alpha value is -7.42. The SMILES string of the molecule is Cc1ncsc1-c1ccc(CNC(=O)[C@@H]2C[C@@H](O)CN2C(=O)C(NC(=O)COCCOCC(=O)NCCc2cccc(-c3ccc4nc(-c5cccnc5N)n(-c5ccc(C6(N)CCC6)cc5)c4n3)c2)C(C)(C)C)cc1. The molecule has 8 N–H and O–H groups in total. The van der Waals surface area contributed by atoms with Crippen LogP contribution < -0.4 is 27.4 Å². The molecular formula is C57H65N11O7S. The van der Waals surface area contributed by atoms with Gasteiger partial charge in [-0.3, -0.25) is 23.7 Å². The van der Waals surface area contributed by atoms with Crippen LogP contribution in [0.3, 0.4) is 0 Å². The van der Waals surface area contributed by atoms with E-state index in [0.717, 1.165) is 69.0 Å². The minimum atomic E-state index is -1.01. The lowest BCUT2D eigenvalue weighted by molar-refractivity contribution is -0.144. The summed E-state index contributed by atoms with van der Waals surface area (Å²) in [5.41, 5.74) is 23.4. The molecule has 1 aliphatic heterocycles. The number of imidazole rings is 1. The van der Waals surface area contributed by atoms with Crippen molar-refractivity contribution >= 4 is 51.9 Å². The molecule has 7 aromatic rings. The van der Waals surface area contributed by atoms with Crippen LogP contribution in [0.4, 0.5) is 5.82 Å². The molecule has 3 aromatic carbocycles. The first kappa shape index (κ1) is 53.4. The maximum atomic E-state index is 14.0. The number of ether oxygens (including phenoxy) is 2. The van der Waals surface area contributed by atoms with Gasteiger partial charge in [-0.1, -0.05) is 75.4 Å². The fourth-order valence-electron chi connectivity index (χ4n) is 9.65. The van der Waals surface area contributed by atoms with Crippen LogP contribution in [0.5, 0.6) is 0 Å². The summed E-state index contributed by atoms with van der Waals surface area (Å²) in [6.07, 6.45) is 4.44. The Bertz CT molecular complexity index is 3200. The van der Waals surface area contributed by atoms with Gasteiger partial charge in [-0.05, 0) is 103 Å². The second kappa shape index (κ2) is 23.2. The number of aryl methyl sites for hydroxylation is 1. The van der Waals surface area contributed by atoms with Crippen LogP contribution in [0, 0.1) is 12.3 Å². The number of fused-ring (bicyclic) bond motifs is 1. The molecule has 4 aromatic heterocycles. The number of aromatic nitrogens is 5. The third kappa shape index (κ3) is 12.3. The highest BCUT2D eigenvalue weighted by molar-refractivity contribution is 7.13. The van der Waals surface area contributed by atoms with Gasteiger partial charge in [-0.2, -0.15) is 0 Å². The molecule has 1 unspecified atom stereocenters. The van der Waals surface area contributed by atoms with Crippen molar-refractivity contribution < 1.29 is 33.8 Å². The topological polar surface area (TPSA) is 255 Å². The highest BCUT2D eigenvalue weighted by atomic mass is 32.1. The van der Waals surface area contributed by atoms with Gasteiger partial charge in [0.25, 0.3) is 0 Å². The number of aliphatic hydroxyl groups excluding tert-OH is 1. The van der Waals surface area contributed by atoms with Gasteiger partial charge in [0.05, 0.1) is 46.7 Å². The van der Waals surface area contributed by atoms with E-state index >= 15 is 0 Å². The first-order chi connectivity index (χ1) is 36.5. The number of benzene rings is 3. The number of nitrogens with two attached hydrogens (primary N) is 2. The monoisotopic (exact) mass is 1050 g/mol. The minimum absolute atomic E-state index is 0.0242. The van der Waals surface area contributed by atoms with Crippen LogP contribution in [-0.2, 0) is 47.2 Å². The van der Waals surface area contributed by atoms with Crippen molar-refractivity contribution in [1.29, 1.82) is 0 Å². The Morgan fingerprint density at radius 1 is 0.868 bits per heavy atom. The van der Waals surface area contributed by atoms with Crippen molar-refractivity contribution in [3.05, 3.63) is 131 Å². The molecule has 9 rings (SSSR count). The number of nitrogens with zero attached hydrogens (tertiary/aromatic N) is 6. The summed E-state index contributed by atoms with van der Waals surface area (Å²) in [5.74, 6) is -0.709. The number of likely N-dealkylation sites (tertiary alicyclic amines) is 1. The third-order valence-electron chi connectivity index (χ3n) is 14.0. The Morgan fingerprint density at radius 3 is 2.30 bits per heavy atom. The van der Waals surface area contributed by atoms with Gasteiger partial charge in [0, 0.05) is 49.0 Å². The second-order valence-corrected chi connectivity index (χ2v) is 21.5. The van der Waals surface area contributed by atoms with Gasteiger partial charge >= 0.3 is 0 Å². The van der Waals surface area contributed by atoms with E-state index in [9.17, 15) is 24.3 Å². The summed E-state index contributed by atoms with van der Waals surface area (Å²) in [7, 11) is 0. The average molecular weight is 1050 g/mol. The second-order valence-electron chi connectivity index (χ2n) is 20.7. The zero-order valence-corrected chi connectivity index (χ0v) is 44.1. The molecule has 0 radical (unpaired) electrons. The van der Waals surface area contributed by atoms with E-state index in [1.807, 2.05) is 99.0 Å². The molecule has 1 saturated heterocycles. The van der Waals surface area contributed by atoms with Crippen LogP contribution in [0.15, 0.2) is 109 Å². The van der Waals surface area contributed by atoms with Crippen molar-refractivity contribution in [2.75, 3.05) is 45.3 Å². The lowest BCUT2D eigenvalue weighted by Crippen LogP contribution is -2.58. The number of hydrogen-bond donors (Lipinski definition) is 6. The predicted molar refractivity (Wildman–Crippen MR) is 292 cm³/mol. The number of carbonyl (C=O) groups is 4. The largest absolute Gasteiger partial charge is 0.391 e. The predicted octanol–water partition coefficient (Wildman–Crippen LogP) is 6.00. The number of carbonyl (C=O) groups excluding carboxylic acids is 4. The summed E-state index contributed by atoms with van der Waals surface area (Å²) in [4.78, 5) is 74.5. The number of amides is 4. The van der Waals surface area contributed by atoms with Gasteiger partial charge in [0.15, 0.2) is 11.5 Å². The van der Waals surface area contributed by atoms with Crippen molar-refractivity contribution in [2.45, 2.75) is 90.1 Å². The molecule has 5 heterocycles. The maximum absolute atomic E-state index is 14.0. The van der Waals surface area contributed by atoms with Gasteiger partial charge < -0.3 is 46.9 Å². The molecule has 2 fully saturated rings. The summed E-state index contributed by atoms with van der Waals surface area (Å²) < 4.78 is 13.1. The molecule has 19 heteroatoms. The number of anilines is 1. The fraction of sp³-hybridized carbons (Fsp3) is 0.368. The third-order valence-corrected chi connectivity index (χ3v) is 15.0. The van der Waals surface area contributed by atoms with E-state index in [4.69, 9.17) is 30.9 Å². The summed E-state index contributed by atoms with van der Waals surface area (Å²) in [6, 6.07) is 29.8. The normalized spacial score (nSPS) is 16.5. The Balaban J connectivity index is 0.722. The van der Waals surface area contributed by atoms with Gasteiger partial charge in [0.2, 0.25) is 23.6 Å². The maximum Gasteiger partial charge on any atom is 0.246 e. The van der Waals surface area contributed by atoms with Crippen molar-refractivity contribution in [2.24, 2.45) is 11.1 Å². The molecule has 1 aliphatic carbocycles. The Morgan fingerprint density at radius 2 is 1.62 bits per heavy atom. The van der Waals surface area contributed by atoms with Gasteiger partial charge in [-0.25, -0.2) is 19.9 Å². The molecule has 3 atom stereocenters.